The lowest BCUT2D eigenvalue weighted by molar-refractivity contribution is 0.0425. The van der Waals surface area contributed by atoms with Gasteiger partial charge in [0.05, 0.1) is 12.7 Å². The van der Waals surface area contributed by atoms with Crippen LogP contribution in [-0.2, 0) is 15.0 Å². The number of hydrogen-bond donors (Lipinski definition) is 1. The van der Waals surface area contributed by atoms with E-state index < -0.39 is 22.1 Å². The van der Waals surface area contributed by atoms with Crippen LogP contribution in [0.2, 0.25) is 0 Å². The zero-order chi connectivity index (χ0) is 8.32. The minimum atomic E-state index is -4.39. The van der Waals surface area contributed by atoms with E-state index in [9.17, 15) is 12.3 Å². The summed E-state index contributed by atoms with van der Waals surface area (Å²) in [5, 5.41) is 2.90. The van der Waals surface area contributed by atoms with Gasteiger partial charge in [-0.1, -0.05) is 0 Å². The van der Waals surface area contributed by atoms with E-state index in [1.54, 1.807) is 0 Å². The topological polar surface area (TPSA) is 55.4 Å². The first-order valence-corrected chi connectivity index (χ1v) is 4.88. The van der Waals surface area contributed by atoms with Crippen LogP contribution in [-0.4, -0.2) is 40.0 Å². The highest BCUT2D eigenvalue weighted by molar-refractivity contribution is 7.86. The molecular formula is C5H10FNO3S. The Bertz CT molecular complexity index is 210. The molecule has 4 nitrogen and oxygen atoms in total. The number of morpholine rings is 1. The first kappa shape index (κ1) is 8.89. The number of nitrogens with one attached hydrogen (secondary N) is 1. The molecule has 0 aromatic heterocycles. The van der Waals surface area contributed by atoms with E-state index in [-0.39, 0.29) is 0 Å². The fraction of sp³-hybridized carbons (Fsp3) is 1.00. The van der Waals surface area contributed by atoms with Gasteiger partial charge in [0.25, 0.3) is 0 Å². The highest BCUT2D eigenvalue weighted by Crippen LogP contribution is 2.01. The third-order valence-electron chi connectivity index (χ3n) is 1.39. The van der Waals surface area contributed by atoms with E-state index in [0.717, 1.165) is 0 Å². The molecule has 0 aromatic carbocycles. The molecular weight excluding hydrogens is 173 g/mol. The maximum absolute atomic E-state index is 12.0. The number of ether oxygens (including phenoxy) is 1. The molecule has 1 saturated heterocycles. The van der Waals surface area contributed by atoms with Crippen LogP contribution in [0, 0.1) is 0 Å². The van der Waals surface area contributed by atoms with E-state index in [2.05, 4.69) is 5.32 Å². The average molecular weight is 183 g/mol. The van der Waals surface area contributed by atoms with Crippen molar-refractivity contribution in [3.63, 3.8) is 0 Å². The van der Waals surface area contributed by atoms with Crippen molar-refractivity contribution in [2.45, 2.75) is 6.10 Å². The van der Waals surface area contributed by atoms with Crippen molar-refractivity contribution in [2.75, 3.05) is 25.4 Å². The normalized spacial score (nSPS) is 26.8. The monoisotopic (exact) mass is 183 g/mol. The molecule has 0 aromatic rings. The van der Waals surface area contributed by atoms with Gasteiger partial charge < -0.3 is 10.1 Å². The van der Waals surface area contributed by atoms with Crippen LogP contribution >= 0.6 is 0 Å². The van der Waals surface area contributed by atoms with Gasteiger partial charge in [0.1, 0.15) is 5.75 Å². The van der Waals surface area contributed by atoms with Crippen LogP contribution in [0.25, 0.3) is 0 Å². The molecule has 1 aliphatic rings. The summed E-state index contributed by atoms with van der Waals surface area (Å²) in [6.07, 6.45) is -0.529. The third kappa shape index (κ3) is 3.64. The van der Waals surface area contributed by atoms with Gasteiger partial charge in [-0.25, -0.2) is 0 Å². The summed E-state index contributed by atoms with van der Waals surface area (Å²) in [6, 6.07) is 0. The smallest absolute Gasteiger partial charge is 0.305 e. The standard InChI is InChI=1S/C5H10FNO3S/c6-11(8,9)4-5-3-7-1-2-10-5/h5,7H,1-4H2/t5-/m0/s1. The van der Waals surface area contributed by atoms with E-state index in [1.807, 2.05) is 0 Å². The minimum Gasteiger partial charge on any atom is -0.374 e. The molecule has 1 rings (SSSR count). The molecule has 0 unspecified atom stereocenters. The minimum absolute atomic E-state index is 0.406. The van der Waals surface area contributed by atoms with Crippen LogP contribution in [0.5, 0.6) is 0 Å². The summed E-state index contributed by atoms with van der Waals surface area (Å²) < 4.78 is 37.3. The molecule has 0 spiro atoms. The predicted octanol–water partition coefficient (Wildman–Crippen LogP) is -0.726. The Balaban J connectivity index is 2.36. The van der Waals surface area contributed by atoms with Crippen LogP contribution in [0.3, 0.4) is 0 Å². The Kier molecular flexibility index (Phi) is 2.80. The number of rotatable bonds is 2. The summed E-state index contributed by atoms with van der Waals surface area (Å²) in [4.78, 5) is 0. The molecule has 1 atom stereocenters. The lowest BCUT2D eigenvalue weighted by atomic mass is 10.3. The van der Waals surface area contributed by atoms with Gasteiger partial charge in [-0.2, -0.15) is 8.42 Å². The van der Waals surface area contributed by atoms with Gasteiger partial charge in [0, 0.05) is 13.1 Å². The van der Waals surface area contributed by atoms with Gasteiger partial charge in [-0.15, -0.1) is 3.89 Å². The maximum Gasteiger partial charge on any atom is 0.305 e. The molecule has 0 amide bonds. The van der Waals surface area contributed by atoms with Gasteiger partial charge >= 0.3 is 10.2 Å². The molecule has 0 saturated carbocycles. The van der Waals surface area contributed by atoms with E-state index in [1.165, 1.54) is 0 Å². The molecule has 1 N–H and O–H groups in total. The molecule has 0 bridgehead atoms. The fourth-order valence-corrected chi connectivity index (χ4v) is 1.61. The van der Waals surface area contributed by atoms with Crippen LogP contribution in [0.1, 0.15) is 0 Å². The van der Waals surface area contributed by atoms with Crippen molar-refractivity contribution in [2.24, 2.45) is 0 Å². The Labute approximate surface area is 64.9 Å². The van der Waals surface area contributed by atoms with Gasteiger partial charge in [0.2, 0.25) is 0 Å². The Morgan fingerprint density at radius 1 is 1.64 bits per heavy atom. The van der Waals surface area contributed by atoms with Crippen LogP contribution in [0.15, 0.2) is 0 Å². The lowest BCUT2D eigenvalue weighted by Gasteiger charge is -2.21. The first-order valence-electron chi connectivity index (χ1n) is 3.32. The molecule has 11 heavy (non-hydrogen) atoms. The largest absolute Gasteiger partial charge is 0.374 e. The Morgan fingerprint density at radius 3 is 2.82 bits per heavy atom. The van der Waals surface area contributed by atoms with E-state index >= 15 is 0 Å². The lowest BCUT2D eigenvalue weighted by Crippen LogP contribution is -2.41. The third-order valence-corrected chi connectivity index (χ3v) is 2.16. The zero-order valence-corrected chi connectivity index (χ0v) is 6.73. The highest BCUT2D eigenvalue weighted by atomic mass is 32.3. The van der Waals surface area contributed by atoms with Crippen molar-refractivity contribution in [1.82, 2.24) is 5.32 Å². The van der Waals surface area contributed by atoms with Gasteiger partial charge in [0.15, 0.2) is 0 Å². The zero-order valence-electron chi connectivity index (χ0n) is 5.92. The molecule has 1 aliphatic heterocycles. The number of halogens is 1. The molecule has 0 radical (unpaired) electrons. The second-order valence-corrected chi connectivity index (χ2v) is 3.81. The Hall–Kier alpha value is -0.200. The van der Waals surface area contributed by atoms with Gasteiger partial charge in [-0.05, 0) is 0 Å². The summed E-state index contributed by atoms with van der Waals surface area (Å²) in [5.41, 5.74) is 0. The highest BCUT2D eigenvalue weighted by Gasteiger charge is 2.20. The van der Waals surface area contributed by atoms with Crippen molar-refractivity contribution in [3.8, 4) is 0 Å². The first-order chi connectivity index (χ1) is 5.08. The molecule has 1 heterocycles. The van der Waals surface area contributed by atoms with E-state index in [0.29, 0.717) is 19.7 Å². The number of hydrogen-bond acceptors (Lipinski definition) is 4. The fourth-order valence-electron chi connectivity index (χ4n) is 0.949. The molecule has 0 aliphatic carbocycles. The molecule has 1 fully saturated rings. The van der Waals surface area contributed by atoms with Gasteiger partial charge in [-0.3, -0.25) is 0 Å². The molecule has 66 valence electrons. The quantitative estimate of drug-likeness (QED) is 0.574. The summed E-state index contributed by atoms with van der Waals surface area (Å²) in [6.45, 7) is 1.55. The van der Waals surface area contributed by atoms with Crippen molar-refractivity contribution in [1.29, 1.82) is 0 Å². The SMILES string of the molecule is O=S(=O)(F)C[C@@H]1CNCCO1. The van der Waals surface area contributed by atoms with E-state index in [4.69, 9.17) is 4.74 Å². The van der Waals surface area contributed by atoms with Crippen molar-refractivity contribution >= 4 is 10.2 Å². The molecule has 6 heteroatoms. The summed E-state index contributed by atoms with van der Waals surface area (Å²) in [7, 11) is -4.39. The second-order valence-electron chi connectivity index (χ2n) is 2.40. The second kappa shape index (κ2) is 3.46. The summed E-state index contributed by atoms with van der Waals surface area (Å²) in [5.74, 6) is -0.542. The predicted molar refractivity (Wildman–Crippen MR) is 37.5 cm³/mol. The summed E-state index contributed by atoms with van der Waals surface area (Å²) >= 11 is 0. The van der Waals surface area contributed by atoms with Crippen LogP contribution in [0.4, 0.5) is 3.89 Å². The van der Waals surface area contributed by atoms with Crippen molar-refractivity contribution < 1.29 is 17.0 Å². The average Bonchev–Trinajstić information content (AvgIpc) is 1.85. The Morgan fingerprint density at radius 2 is 2.36 bits per heavy atom. The van der Waals surface area contributed by atoms with Crippen LogP contribution < -0.4 is 5.32 Å². The van der Waals surface area contributed by atoms with Crippen molar-refractivity contribution in [3.05, 3.63) is 0 Å². The maximum atomic E-state index is 12.0.